The highest BCUT2D eigenvalue weighted by molar-refractivity contribution is 9.10. The zero-order valence-corrected chi connectivity index (χ0v) is 11.5. The van der Waals surface area contributed by atoms with E-state index in [-0.39, 0.29) is 5.82 Å². The lowest BCUT2D eigenvalue weighted by Crippen LogP contribution is -2.43. The van der Waals surface area contributed by atoms with Crippen LogP contribution in [0.15, 0.2) is 22.7 Å². The largest absolute Gasteiger partial charge is 0.481 e. The molecule has 98 valence electrons. The van der Waals surface area contributed by atoms with Crippen LogP contribution in [0.2, 0.25) is 0 Å². The van der Waals surface area contributed by atoms with Gasteiger partial charge in [0.05, 0.1) is 5.41 Å². The molecule has 0 spiro atoms. The van der Waals surface area contributed by atoms with Gasteiger partial charge in [0.25, 0.3) is 0 Å². The van der Waals surface area contributed by atoms with Crippen molar-refractivity contribution in [3.05, 3.63) is 34.1 Å². The second-order valence-electron chi connectivity index (χ2n) is 4.79. The summed E-state index contributed by atoms with van der Waals surface area (Å²) in [6, 6.07) is 4.58. The van der Waals surface area contributed by atoms with Crippen LogP contribution in [0.4, 0.5) is 4.39 Å². The van der Waals surface area contributed by atoms with Gasteiger partial charge in [0.1, 0.15) is 5.82 Å². The summed E-state index contributed by atoms with van der Waals surface area (Å²) in [5, 5.41) is 12.6. The van der Waals surface area contributed by atoms with Crippen LogP contribution in [-0.4, -0.2) is 24.2 Å². The Balaban J connectivity index is 2.25. The molecular formula is C13H15BrFNO2. The molecule has 1 heterocycles. The number of hydrogen-bond donors (Lipinski definition) is 2. The van der Waals surface area contributed by atoms with E-state index in [2.05, 4.69) is 21.2 Å². The number of halogens is 2. The fraction of sp³-hybridized carbons (Fsp3) is 0.462. The maximum atomic E-state index is 13.3. The minimum Gasteiger partial charge on any atom is -0.481 e. The van der Waals surface area contributed by atoms with Crippen molar-refractivity contribution in [1.29, 1.82) is 0 Å². The van der Waals surface area contributed by atoms with Gasteiger partial charge < -0.3 is 10.4 Å². The van der Waals surface area contributed by atoms with Crippen LogP contribution in [0.1, 0.15) is 18.4 Å². The van der Waals surface area contributed by atoms with Crippen LogP contribution in [0, 0.1) is 11.2 Å². The Bertz CT molecular complexity index is 438. The quantitative estimate of drug-likeness (QED) is 0.901. The van der Waals surface area contributed by atoms with Crippen molar-refractivity contribution in [2.24, 2.45) is 5.41 Å². The molecule has 0 bridgehead atoms. The summed E-state index contributed by atoms with van der Waals surface area (Å²) < 4.78 is 14.0. The fourth-order valence-electron chi connectivity index (χ4n) is 2.48. The van der Waals surface area contributed by atoms with Gasteiger partial charge in [-0.2, -0.15) is 0 Å². The number of carboxylic acids is 1. The predicted molar refractivity (Wildman–Crippen MR) is 70.0 cm³/mol. The van der Waals surface area contributed by atoms with Crippen molar-refractivity contribution < 1.29 is 14.3 Å². The van der Waals surface area contributed by atoms with Crippen molar-refractivity contribution in [3.8, 4) is 0 Å². The van der Waals surface area contributed by atoms with E-state index in [1.165, 1.54) is 12.1 Å². The van der Waals surface area contributed by atoms with Crippen LogP contribution in [0.5, 0.6) is 0 Å². The standard InChI is InChI=1S/C13H15BrFNO2/c14-10-5-9(6-11(15)7-10)8-13(12(17)18)1-3-16-4-2-13/h5-7,16H,1-4,8H2,(H,17,18). The molecule has 0 amide bonds. The van der Waals surface area contributed by atoms with E-state index >= 15 is 0 Å². The molecule has 0 aromatic heterocycles. The maximum Gasteiger partial charge on any atom is 0.310 e. The first-order valence-electron chi connectivity index (χ1n) is 5.91. The summed E-state index contributed by atoms with van der Waals surface area (Å²) in [6.45, 7) is 1.39. The van der Waals surface area contributed by atoms with Crippen molar-refractivity contribution >= 4 is 21.9 Å². The fourth-order valence-corrected chi connectivity index (χ4v) is 2.99. The number of benzene rings is 1. The summed E-state index contributed by atoms with van der Waals surface area (Å²) in [5.41, 5.74) is -0.0375. The molecule has 2 rings (SSSR count). The van der Waals surface area contributed by atoms with Gasteiger partial charge in [-0.1, -0.05) is 15.9 Å². The normalized spacial score (nSPS) is 18.6. The van der Waals surface area contributed by atoms with Crippen LogP contribution in [-0.2, 0) is 11.2 Å². The molecule has 1 aromatic carbocycles. The molecule has 1 aromatic rings. The van der Waals surface area contributed by atoms with Crippen molar-refractivity contribution in [2.45, 2.75) is 19.3 Å². The summed E-state index contributed by atoms with van der Waals surface area (Å²) in [5.74, 6) is -1.13. The third kappa shape index (κ3) is 2.90. The summed E-state index contributed by atoms with van der Waals surface area (Å²) in [4.78, 5) is 11.5. The first kappa shape index (κ1) is 13.5. The Morgan fingerprint density at radius 2 is 2.06 bits per heavy atom. The number of carboxylic acid groups (broad SMARTS) is 1. The number of carbonyl (C=O) groups is 1. The highest BCUT2D eigenvalue weighted by Gasteiger charge is 2.39. The van der Waals surface area contributed by atoms with Crippen LogP contribution >= 0.6 is 15.9 Å². The predicted octanol–water partition coefficient (Wildman–Crippen LogP) is 2.59. The smallest absolute Gasteiger partial charge is 0.310 e. The lowest BCUT2D eigenvalue weighted by molar-refractivity contribution is -0.150. The molecule has 2 N–H and O–H groups in total. The Kier molecular flexibility index (Phi) is 4.02. The first-order valence-corrected chi connectivity index (χ1v) is 6.70. The second-order valence-corrected chi connectivity index (χ2v) is 5.71. The van der Waals surface area contributed by atoms with Gasteiger partial charge in [0.15, 0.2) is 0 Å². The Hall–Kier alpha value is -0.940. The van der Waals surface area contributed by atoms with E-state index in [4.69, 9.17) is 0 Å². The zero-order valence-electron chi connectivity index (χ0n) is 9.88. The van der Waals surface area contributed by atoms with E-state index in [0.717, 1.165) is 5.56 Å². The monoisotopic (exact) mass is 315 g/mol. The third-order valence-electron chi connectivity index (χ3n) is 3.48. The molecule has 0 aliphatic carbocycles. The topological polar surface area (TPSA) is 49.3 Å². The van der Waals surface area contributed by atoms with E-state index < -0.39 is 11.4 Å². The van der Waals surface area contributed by atoms with Crippen LogP contribution < -0.4 is 5.32 Å². The van der Waals surface area contributed by atoms with E-state index in [0.29, 0.717) is 36.8 Å². The van der Waals surface area contributed by atoms with Gasteiger partial charge in [-0.3, -0.25) is 4.79 Å². The molecule has 1 saturated heterocycles. The summed E-state index contributed by atoms with van der Waals surface area (Å²) in [6.07, 6.45) is 1.54. The van der Waals surface area contributed by atoms with Crippen molar-refractivity contribution in [2.75, 3.05) is 13.1 Å². The molecule has 18 heavy (non-hydrogen) atoms. The van der Waals surface area contributed by atoms with Crippen LogP contribution in [0.3, 0.4) is 0 Å². The van der Waals surface area contributed by atoms with Gasteiger partial charge in [0.2, 0.25) is 0 Å². The molecular weight excluding hydrogens is 301 g/mol. The van der Waals surface area contributed by atoms with Gasteiger partial charge >= 0.3 is 5.97 Å². The van der Waals surface area contributed by atoms with Crippen molar-refractivity contribution in [3.63, 3.8) is 0 Å². The van der Waals surface area contributed by atoms with E-state index in [9.17, 15) is 14.3 Å². The van der Waals surface area contributed by atoms with Gasteiger partial charge in [0, 0.05) is 4.47 Å². The maximum absolute atomic E-state index is 13.3. The molecule has 0 unspecified atom stereocenters. The number of aliphatic carboxylic acids is 1. The lowest BCUT2D eigenvalue weighted by Gasteiger charge is -2.33. The number of hydrogen-bond acceptors (Lipinski definition) is 2. The molecule has 5 heteroatoms. The molecule has 1 aliphatic heterocycles. The third-order valence-corrected chi connectivity index (χ3v) is 3.94. The average Bonchev–Trinajstić information content (AvgIpc) is 2.28. The number of rotatable bonds is 3. The van der Waals surface area contributed by atoms with E-state index in [1.54, 1.807) is 6.07 Å². The highest BCUT2D eigenvalue weighted by Crippen LogP contribution is 2.34. The SMILES string of the molecule is O=C(O)C1(Cc2cc(F)cc(Br)c2)CCNCC1. The number of nitrogens with one attached hydrogen (secondary N) is 1. The van der Waals surface area contributed by atoms with Gasteiger partial charge in [-0.15, -0.1) is 0 Å². The summed E-state index contributed by atoms with van der Waals surface area (Å²) in [7, 11) is 0. The minimum absolute atomic E-state index is 0.339. The Morgan fingerprint density at radius 1 is 1.39 bits per heavy atom. The summed E-state index contributed by atoms with van der Waals surface area (Å²) >= 11 is 3.23. The zero-order chi connectivity index (χ0) is 13.2. The molecule has 1 fully saturated rings. The average molecular weight is 316 g/mol. The molecule has 0 saturated carbocycles. The Morgan fingerprint density at radius 3 is 2.61 bits per heavy atom. The molecule has 3 nitrogen and oxygen atoms in total. The second kappa shape index (κ2) is 5.36. The Labute approximate surface area is 114 Å². The molecule has 0 radical (unpaired) electrons. The van der Waals surface area contributed by atoms with Crippen molar-refractivity contribution in [1.82, 2.24) is 5.32 Å². The highest BCUT2D eigenvalue weighted by atomic mass is 79.9. The first-order chi connectivity index (χ1) is 8.52. The van der Waals surface area contributed by atoms with Gasteiger partial charge in [-0.05, 0) is 56.1 Å². The van der Waals surface area contributed by atoms with Crippen LogP contribution in [0.25, 0.3) is 0 Å². The molecule has 1 aliphatic rings. The minimum atomic E-state index is -0.788. The number of piperidine rings is 1. The van der Waals surface area contributed by atoms with E-state index in [1.807, 2.05) is 0 Å². The lowest BCUT2D eigenvalue weighted by atomic mass is 9.74. The molecule has 0 atom stereocenters. The van der Waals surface area contributed by atoms with Gasteiger partial charge in [-0.25, -0.2) is 4.39 Å².